The molecule has 1 fully saturated rings. The summed E-state index contributed by atoms with van der Waals surface area (Å²) in [4.78, 5) is 24.9. The van der Waals surface area contributed by atoms with E-state index in [1.807, 2.05) is 0 Å². The summed E-state index contributed by atoms with van der Waals surface area (Å²) in [6.45, 7) is 7.58. The number of carbonyl (C=O) groups is 2. The summed E-state index contributed by atoms with van der Waals surface area (Å²) in [7, 11) is 1.78. The quantitative estimate of drug-likeness (QED) is 0.800. The lowest BCUT2D eigenvalue weighted by atomic mass is 9.75. The lowest BCUT2D eigenvalue weighted by Gasteiger charge is -2.38. The third-order valence-corrected chi connectivity index (χ3v) is 4.38. The van der Waals surface area contributed by atoms with E-state index in [9.17, 15) is 9.59 Å². The van der Waals surface area contributed by atoms with E-state index in [4.69, 9.17) is 5.11 Å². The van der Waals surface area contributed by atoms with Gasteiger partial charge in [0.05, 0.1) is 0 Å². The second-order valence-corrected chi connectivity index (χ2v) is 6.37. The minimum Gasteiger partial charge on any atom is -0.478 e. The molecule has 0 atom stereocenters. The molecule has 0 unspecified atom stereocenters. The summed E-state index contributed by atoms with van der Waals surface area (Å²) in [5, 5.41) is 8.93. The molecule has 0 bridgehead atoms. The summed E-state index contributed by atoms with van der Waals surface area (Å²) in [5.74, 6) is -1.19. The summed E-state index contributed by atoms with van der Waals surface area (Å²) in [5.41, 5.74) is 0.829. The van der Waals surface area contributed by atoms with E-state index < -0.39 is 5.97 Å². The Bertz CT molecular complexity index is 400. The molecule has 4 nitrogen and oxygen atoms in total. The monoisotopic (exact) mass is 267 g/mol. The predicted octanol–water partition coefficient (Wildman–Crippen LogP) is 2.83. The predicted molar refractivity (Wildman–Crippen MR) is 74.8 cm³/mol. The van der Waals surface area contributed by atoms with Gasteiger partial charge in [0.25, 0.3) is 0 Å². The van der Waals surface area contributed by atoms with Crippen LogP contribution in [0, 0.1) is 5.41 Å². The highest BCUT2D eigenvalue weighted by Crippen LogP contribution is 2.36. The van der Waals surface area contributed by atoms with Crippen LogP contribution < -0.4 is 0 Å². The standard InChI is InChI=1S/C15H25NO3/c1-10(11(2)14(18)19)13(17)16(5)12-6-8-15(3,4)9-7-12/h12H,6-9H2,1-5H3,(H,18,19). The van der Waals surface area contributed by atoms with Crippen LogP contribution in [0.4, 0.5) is 0 Å². The van der Waals surface area contributed by atoms with Crippen molar-refractivity contribution < 1.29 is 14.7 Å². The van der Waals surface area contributed by atoms with Gasteiger partial charge < -0.3 is 10.0 Å². The lowest BCUT2D eigenvalue weighted by Crippen LogP contribution is -2.41. The Morgan fingerprint density at radius 1 is 1.11 bits per heavy atom. The van der Waals surface area contributed by atoms with Gasteiger partial charge in [0, 0.05) is 24.2 Å². The van der Waals surface area contributed by atoms with Crippen molar-refractivity contribution in [1.29, 1.82) is 0 Å². The fourth-order valence-corrected chi connectivity index (χ4v) is 2.52. The number of nitrogens with zero attached hydrogens (tertiary/aromatic N) is 1. The molecule has 0 aromatic heterocycles. The average molecular weight is 267 g/mol. The van der Waals surface area contributed by atoms with Crippen molar-refractivity contribution in [1.82, 2.24) is 4.90 Å². The van der Waals surface area contributed by atoms with Gasteiger partial charge in [-0.05, 0) is 44.9 Å². The van der Waals surface area contributed by atoms with Crippen LogP contribution in [-0.4, -0.2) is 35.0 Å². The third-order valence-electron chi connectivity index (χ3n) is 4.38. The molecule has 19 heavy (non-hydrogen) atoms. The Kier molecular flexibility index (Phi) is 4.77. The molecule has 108 valence electrons. The first kappa shape index (κ1) is 15.7. The molecule has 1 N–H and O–H groups in total. The van der Waals surface area contributed by atoms with Gasteiger partial charge in [-0.2, -0.15) is 0 Å². The van der Waals surface area contributed by atoms with Crippen LogP contribution in [-0.2, 0) is 9.59 Å². The number of likely N-dealkylation sites (N-methyl/N-ethyl adjacent to an activating group) is 1. The summed E-state index contributed by atoms with van der Waals surface area (Å²) in [6, 6.07) is 0.233. The molecule has 0 aliphatic heterocycles. The van der Waals surface area contributed by atoms with Crippen molar-refractivity contribution >= 4 is 11.9 Å². The maximum absolute atomic E-state index is 12.3. The molecule has 0 aromatic carbocycles. The lowest BCUT2D eigenvalue weighted by molar-refractivity contribution is -0.134. The van der Waals surface area contributed by atoms with Crippen molar-refractivity contribution in [3.8, 4) is 0 Å². The second-order valence-electron chi connectivity index (χ2n) is 6.37. The fourth-order valence-electron chi connectivity index (χ4n) is 2.52. The van der Waals surface area contributed by atoms with E-state index in [2.05, 4.69) is 13.8 Å². The molecule has 4 heteroatoms. The molecule has 1 aliphatic carbocycles. The van der Waals surface area contributed by atoms with Gasteiger partial charge in [0.15, 0.2) is 0 Å². The largest absolute Gasteiger partial charge is 0.478 e. The second kappa shape index (κ2) is 5.76. The number of carboxylic acid groups (broad SMARTS) is 1. The van der Waals surface area contributed by atoms with Crippen molar-refractivity contribution in [2.45, 2.75) is 59.4 Å². The Balaban J connectivity index is 2.74. The van der Waals surface area contributed by atoms with E-state index in [1.165, 1.54) is 6.92 Å². The highest BCUT2D eigenvalue weighted by molar-refractivity contribution is 6.01. The molecule has 0 spiro atoms. The minimum absolute atomic E-state index is 0.132. The first-order chi connectivity index (χ1) is 8.65. The molecule has 0 radical (unpaired) electrons. The van der Waals surface area contributed by atoms with Crippen LogP contribution in [0.25, 0.3) is 0 Å². The van der Waals surface area contributed by atoms with Gasteiger partial charge in [0.2, 0.25) is 5.91 Å². The number of hydrogen-bond donors (Lipinski definition) is 1. The normalized spacial score (nSPS) is 20.7. The molecular weight excluding hydrogens is 242 g/mol. The summed E-state index contributed by atoms with van der Waals surface area (Å²) >= 11 is 0. The zero-order valence-electron chi connectivity index (χ0n) is 12.6. The summed E-state index contributed by atoms with van der Waals surface area (Å²) < 4.78 is 0. The van der Waals surface area contributed by atoms with Gasteiger partial charge in [-0.15, -0.1) is 0 Å². The van der Waals surface area contributed by atoms with Crippen LogP contribution in [0.15, 0.2) is 11.1 Å². The van der Waals surface area contributed by atoms with Crippen LogP contribution in [0.3, 0.4) is 0 Å². The van der Waals surface area contributed by atoms with E-state index in [0.717, 1.165) is 25.7 Å². The zero-order valence-corrected chi connectivity index (χ0v) is 12.6. The van der Waals surface area contributed by atoms with Gasteiger partial charge >= 0.3 is 5.97 Å². The van der Waals surface area contributed by atoms with E-state index in [-0.39, 0.29) is 17.5 Å². The SMILES string of the molecule is CC(C(=O)O)=C(C)C(=O)N(C)C1CCC(C)(C)CC1. The van der Waals surface area contributed by atoms with Gasteiger partial charge in [-0.3, -0.25) is 4.79 Å². The molecule has 0 heterocycles. The Morgan fingerprint density at radius 2 is 1.58 bits per heavy atom. The van der Waals surface area contributed by atoms with Gasteiger partial charge in [-0.1, -0.05) is 13.8 Å². The molecule has 0 aromatic rings. The minimum atomic E-state index is -1.02. The molecule has 1 rings (SSSR count). The van der Waals surface area contributed by atoms with Crippen LogP contribution >= 0.6 is 0 Å². The first-order valence-corrected chi connectivity index (χ1v) is 6.83. The Labute approximate surface area is 115 Å². The molecule has 1 saturated carbocycles. The Hall–Kier alpha value is -1.32. The third kappa shape index (κ3) is 3.82. The van der Waals surface area contributed by atoms with Crippen LogP contribution in [0.2, 0.25) is 0 Å². The number of carbonyl (C=O) groups excluding carboxylic acids is 1. The first-order valence-electron chi connectivity index (χ1n) is 6.83. The van der Waals surface area contributed by atoms with Crippen molar-refractivity contribution in [3.63, 3.8) is 0 Å². The van der Waals surface area contributed by atoms with E-state index in [0.29, 0.717) is 11.0 Å². The number of rotatable bonds is 3. The average Bonchev–Trinajstić information content (AvgIpc) is 2.35. The number of aliphatic carboxylic acids is 1. The number of amides is 1. The molecule has 1 amide bonds. The van der Waals surface area contributed by atoms with Crippen molar-refractivity contribution in [2.24, 2.45) is 5.41 Å². The maximum Gasteiger partial charge on any atom is 0.331 e. The fraction of sp³-hybridized carbons (Fsp3) is 0.733. The van der Waals surface area contributed by atoms with E-state index in [1.54, 1.807) is 18.9 Å². The Morgan fingerprint density at radius 3 is 2.00 bits per heavy atom. The molecule has 1 aliphatic rings. The topological polar surface area (TPSA) is 57.6 Å². The van der Waals surface area contributed by atoms with Gasteiger partial charge in [0.1, 0.15) is 0 Å². The van der Waals surface area contributed by atoms with E-state index >= 15 is 0 Å². The van der Waals surface area contributed by atoms with Crippen LogP contribution in [0.1, 0.15) is 53.4 Å². The number of hydrogen-bond acceptors (Lipinski definition) is 2. The van der Waals surface area contributed by atoms with Gasteiger partial charge in [-0.25, -0.2) is 4.79 Å². The van der Waals surface area contributed by atoms with Crippen molar-refractivity contribution in [2.75, 3.05) is 7.05 Å². The smallest absolute Gasteiger partial charge is 0.331 e. The summed E-state index contributed by atoms with van der Waals surface area (Å²) in [6.07, 6.45) is 4.20. The van der Waals surface area contributed by atoms with Crippen molar-refractivity contribution in [3.05, 3.63) is 11.1 Å². The maximum atomic E-state index is 12.3. The van der Waals surface area contributed by atoms with Crippen LogP contribution in [0.5, 0.6) is 0 Å². The highest BCUT2D eigenvalue weighted by Gasteiger charge is 2.31. The molecule has 0 saturated heterocycles. The molecular formula is C15H25NO3. The zero-order chi connectivity index (χ0) is 14.8. The highest BCUT2D eigenvalue weighted by atomic mass is 16.4. The number of carboxylic acids is 1.